The molecule has 0 aliphatic rings. The zero-order chi connectivity index (χ0) is 19.9. The number of rotatable bonds is 6. The van der Waals surface area contributed by atoms with Crippen LogP contribution in [0, 0.1) is 0 Å². The summed E-state index contributed by atoms with van der Waals surface area (Å²) in [4.78, 5) is 14.0. The van der Waals surface area contributed by atoms with E-state index in [1.54, 1.807) is 0 Å². The standard InChI is InChI=1S/C25H27N3.Fe/c1-18(2)22-12-5-7-14-24(22)26-16-20-10-9-11-21(28-20)17-27-25-15-8-6-13-23(25)19(3)4;/h5-19H,1-4H3;. The summed E-state index contributed by atoms with van der Waals surface area (Å²) in [6.45, 7) is 8.72. The molecule has 2 aromatic carbocycles. The van der Waals surface area contributed by atoms with Gasteiger partial charge >= 0.3 is 0 Å². The van der Waals surface area contributed by atoms with Gasteiger partial charge in [-0.25, -0.2) is 4.98 Å². The molecule has 0 bridgehead atoms. The molecule has 0 amide bonds. The SMILES string of the molecule is CC(C)c1ccccc1N=Cc1cccc(C=Nc2ccccc2C(C)C)n1.[Fe]. The van der Waals surface area contributed by atoms with Crippen LogP contribution in [0.3, 0.4) is 0 Å². The molecule has 0 saturated heterocycles. The van der Waals surface area contributed by atoms with E-state index in [0.29, 0.717) is 11.8 Å². The third-order valence-corrected chi connectivity index (χ3v) is 4.58. The predicted molar refractivity (Wildman–Crippen MR) is 120 cm³/mol. The second-order valence-electron chi connectivity index (χ2n) is 7.43. The first-order valence-electron chi connectivity index (χ1n) is 9.77. The summed E-state index contributed by atoms with van der Waals surface area (Å²) in [6.07, 6.45) is 3.64. The number of benzene rings is 2. The molecule has 0 spiro atoms. The van der Waals surface area contributed by atoms with Crippen LogP contribution in [0.5, 0.6) is 0 Å². The monoisotopic (exact) mass is 425 g/mol. The van der Waals surface area contributed by atoms with Gasteiger partial charge in [0, 0.05) is 17.1 Å². The Balaban J connectivity index is 0.00000300. The van der Waals surface area contributed by atoms with Crippen LogP contribution in [-0.2, 0) is 17.1 Å². The van der Waals surface area contributed by atoms with E-state index in [-0.39, 0.29) is 17.1 Å². The van der Waals surface area contributed by atoms with Gasteiger partial charge in [0.2, 0.25) is 0 Å². The minimum Gasteiger partial charge on any atom is -0.254 e. The smallest absolute Gasteiger partial charge is 0.0820 e. The van der Waals surface area contributed by atoms with E-state index in [4.69, 9.17) is 0 Å². The fourth-order valence-corrected chi connectivity index (χ4v) is 3.07. The molecule has 0 unspecified atom stereocenters. The van der Waals surface area contributed by atoms with Crippen molar-refractivity contribution >= 4 is 23.8 Å². The van der Waals surface area contributed by atoms with Gasteiger partial charge in [0.15, 0.2) is 0 Å². The number of para-hydroxylation sites is 2. The summed E-state index contributed by atoms with van der Waals surface area (Å²) in [6, 6.07) is 22.4. The first-order chi connectivity index (χ1) is 13.5. The van der Waals surface area contributed by atoms with Crippen LogP contribution >= 0.6 is 0 Å². The van der Waals surface area contributed by atoms with Gasteiger partial charge in [-0.2, -0.15) is 0 Å². The Bertz CT molecular complexity index is 914. The zero-order valence-corrected chi connectivity index (χ0v) is 18.5. The molecule has 29 heavy (non-hydrogen) atoms. The molecule has 0 atom stereocenters. The third-order valence-electron chi connectivity index (χ3n) is 4.58. The number of aromatic nitrogens is 1. The number of nitrogens with zero attached hydrogens (tertiary/aromatic N) is 3. The number of hydrogen-bond acceptors (Lipinski definition) is 3. The van der Waals surface area contributed by atoms with Crippen LogP contribution in [0.1, 0.15) is 62.0 Å². The first-order valence-corrected chi connectivity index (χ1v) is 9.77. The van der Waals surface area contributed by atoms with Crippen molar-refractivity contribution < 1.29 is 17.1 Å². The maximum atomic E-state index is 4.66. The van der Waals surface area contributed by atoms with Gasteiger partial charge in [0.25, 0.3) is 0 Å². The van der Waals surface area contributed by atoms with Gasteiger partial charge in [-0.05, 0) is 47.2 Å². The van der Waals surface area contributed by atoms with E-state index in [9.17, 15) is 0 Å². The molecular formula is C25H27FeN3. The van der Waals surface area contributed by atoms with Gasteiger partial charge in [-0.15, -0.1) is 0 Å². The van der Waals surface area contributed by atoms with Crippen molar-refractivity contribution in [1.82, 2.24) is 4.98 Å². The summed E-state index contributed by atoms with van der Waals surface area (Å²) in [5.74, 6) is 0.863. The number of pyridine rings is 1. The van der Waals surface area contributed by atoms with Crippen molar-refractivity contribution in [3.63, 3.8) is 0 Å². The fourth-order valence-electron chi connectivity index (χ4n) is 3.07. The molecular weight excluding hydrogens is 398 g/mol. The third kappa shape index (κ3) is 6.22. The second-order valence-corrected chi connectivity index (χ2v) is 7.43. The van der Waals surface area contributed by atoms with Crippen molar-refractivity contribution in [2.24, 2.45) is 9.98 Å². The van der Waals surface area contributed by atoms with Crippen molar-refractivity contribution in [2.75, 3.05) is 0 Å². The van der Waals surface area contributed by atoms with Gasteiger partial charge in [0.05, 0.1) is 35.2 Å². The maximum absolute atomic E-state index is 4.66. The van der Waals surface area contributed by atoms with Gasteiger partial charge < -0.3 is 0 Å². The molecule has 4 heteroatoms. The van der Waals surface area contributed by atoms with E-state index >= 15 is 0 Å². The van der Waals surface area contributed by atoms with Crippen LogP contribution in [-0.4, -0.2) is 17.4 Å². The normalized spacial score (nSPS) is 11.5. The molecule has 150 valence electrons. The Kier molecular flexibility index (Phi) is 8.50. The maximum Gasteiger partial charge on any atom is 0.0820 e. The van der Waals surface area contributed by atoms with E-state index in [1.165, 1.54) is 11.1 Å². The molecule has 0 N–H and O–H groups in total. The van der Waals surface area contributed by atoms with E-state index in [2.05, 4.69) is 66.9 Å². The minimum absolute atomic E-state index is 0. The van der Waals surface area contributed by atoms with Gasteiger partial charge in [-0.1, -0.05) is 70.2 Å². The second kappa shape index (κ2) is 10.8. The Morgan fingerprint density at radius 1 is 0.621 bits per heavy atom. The quantitative estimate of drug-likeness (QED) is 0.315. The van der Waals surface area contributed by atoms with Crippen molar-refractivity contribution in [3.8, 4) is 0 Å². The summed E-state index contributed by atoms with van der Waals surface area (Å²) in [5.41, 5.74) is 6.09. The van der Waals surface area contributed by atoms with E-state index in [1.807, 2.05) is 54.9 Å². The zero-order valence-electron chi connectivity index (χ0n) is 17.4. The molecule has 3 nitrogen and oxygen atoms in total. The Morgan fingerprint density at radius 3 is 1.45 bits per heavy atom. The molecule has 3 aromatic rings. The summed E-state index contributed by atoms with van der Waals surface area (Å²) >= 11 is 0. The topological polar surface area (TPSA) is 37.6 Å². The van der Waals surface area contributed by atoms with Gasteiger partial charge in [-0.3, -0.25) is 9.98 Å². The molecule has 3 rings (SSSR count). The molecule has 1 aromatic heterocycles. The molecule has 0 saturated carbocycles. The Hall–Kier alpha value is -2.55. The summed E-state index contributed by atoms with van der Waals surface area (Å²) in [7, 11) is 0. The molecule has 1 heterocycles. The molecule has 0 radical (unpaired) electrons. The van der Waals surface area contributed by atoms with Crippen molar-refractivity contribution in [1.29, 1.82) is 0 Å². The van der Waals surface area contributed by atoms with Crippen molar-refractivity contribution in [3.05, 3.63) is 89.2 Å². The van der Waals surface area contributed by atoms with Crippen LogP contribution < -0.4 is 0 Å². The van der Waals surface area contributed by atoms with Crippen molar-refractivity contribution in [2.45, 2.75) is 39.5 Å². The van der Waals surface area contributed by atoms with Crippen LogP contribution in [0.2, 0.25) is 0 Å². The molecule has 0 fully saturated rings. The van der Waals surface area contributed by atoms with Gasteiger partial charge in [0.1, 0.15) is 0 Å². The van der Waals surface area contributed by atoms with E-state index < -0.39 is 0 Å². The summed E-state index contributed by atoms with van der Waals surface area (Å²) in [5, 5.41) is 0. The van der Waals surface area contributed by atoms with Crippen LogP contribution in [0.4, 0.5) is 11.4 Å². The average molecular weight is 425 g/mol. The Labute approximate surface area is 184 Å². The first kappa shape index (κ1) is 22.7. The fraction of sp³-hybridized carbons (Fsp3) is 0.240. The minimum atomic E-state index is 0. The van der Waals surface area contributed by atoms with Crippen LogP contribution in [0.15, 0.2) is 76.7 Å². The van der Waals surface area contributed by atoms with E-state index in [0.717, 1.165) is 22.8 Å². The molecule has 0 aliphatic heterocycles. The molecule has 0 aliphatic carbocycles. The average Bonchev–Trinajstić information content (AvgIpc) is 2.71. The number of aliphatic imine (C=N–C) groups is 2. The predicted octanol–water partition coefficient (Wildman–Crippen LogP) is 6.83. The number of hydrogen-bond donors (Lipinski definition) is 0. The summed E-state index contributed by atoms with van der Waals surface area (Å²) < 4.78 is 0. The Morgan fingerprint density at radius 2 is 1.03 bits per heavy atom. The van der Waals surface area contributed by atoms with Crippen LogP contribution in [0.25, 0.3) is 0 Å². The largest absolute Gasteiger partial charge is 0.254 e.